The smallest absolute Gasteiger partial charge is 0.183 e. The molecule has 0 fully saturated rings. The van der Waals surface area contributed by atoms with Gasteiger partial charge in [-0.05, 0) is 14.0 Å². The van der Waals surface area contributed by atoms with Crippen molar-refractivity contribution in [2.75, 3.05) is 21.3 Å². The van der Waals surface area contributed by atoms with Crippen LogP contribution in [-0.2, 0) is 20.1 Å². The van der Waals surface area contributed by atoms with E-state index in [1.54, 1.807) is 26.5 Å². The fraction of sp³-hybridized carbons (Fsp3) is 0.467. The highest BCUT2D eigenvalue weighted by atomic mass is 16.5. The Kier molecular flexibility index (Phi) is 4.80. The van der Waals surface area contributed by atoms with Gasteiger partial charge in [-0.25, -0.2) is 0 Å². The first kappa shape index (κ1) is 15.3. The Balaban J connectivity index is 2.12. The lowest BCUT2D eigenvalue weighted by molar-refractivity contribution is 0.297. The van der Waals surface area contributed by atoms with Crippen LogP contribution in [-0.4, -0.2) is 40.9 Å². The van der Waals surface area contributed by atoms with E-state index >= 15 is 0 Å². The molecule has 114 valence electrons. The molecule has 0 aliphatic heterocycles. The van der Waals surface area contributed by atoms with E-state index in [1.807, 2.05) is 31.9 Å². The van der Waals surface area contributed by atoms with Crippen molar-refractivity contribution in [1.29, 1.82) is 0 Å². The van der Waals surface area contributed by atoms with Gasteiger partial charge >= 0.3 is 0 Å². The van der Waals surface area contributed by atoms with E-state index in [0.717, 1.165) is 17.9 Å². The highest BCUT2D eigenvalue weighted by Crippen LogP contribution is 2.29. The number of ether oxygens (including phenoxy) is 2. The van der Waals surface area contributed by atoms with Crippen molar-refractivity contribution in [1.82, 2.24) is 19.7 Å². The van der Waals surface area contributed by atoms with Crippen LogP contribution in [0.3, 0.4) is 0 Å². The number of nitrogens with zero attached hydrogens (tertiary/aromatic N) is 4. The van der Waals surface area contributed by atoms with Crippen molar-refractivity contribution in [3.8, 4) is 11.5 Å². The highest BCUT2D eigenvalue weighted by Gasteiger charge is 2.14. The lowest BCUT2D eigenvalue weighted by Gasteiger charge is -2.18. The molecular formula is C15H22N4O2. The standard InChI is InChI=1S/C15H22N4O2/c1-11-12(9-19(3)17-11)8-18(2)10-13-15(21-5)14(20-4)6-7-16-13/h6-7,9H,8,10H2,1-5H3. The zero-order valence-corrected chi connectivity index (χ0v) is 13.3. The Morgan fingerprint density at radius 3 is 2.57 bits per heavy atom. The van der Waals surface area contributed by atoms with Crippen LogP contribution in [0.25, 0.3) is 0 Å². The zero-order chi connectivity index (χ0) is 15.4. The van der Waals surface area contributed by atoms with Gasteiger partial charge in [0.05, 0.1) is 19.9 Å². The van der Waals surface area contributed by atoms with Crippen LogP contribution in [0.4, 0.5) is 0 Å². The number of hydrogen-bond donors (Lipinski definition) is 0. The molecule has 2 aromatic rings. The summed E-state index contributed by atoms with van der Waals surface area (Å²) >= 11 is 0. The van der Waals surface area contributed by atoms with E-state index < -0.39 is 0 Å². The van der Waals surface area contributed by atoms with Crippen LogP contribution in [0, 0.1) is 6.92 Å². The van der Waals surface area contributed by atoms with E-state index in [0.29, 0.717) is 18.0 Å². The first-order valence-electron chi connectivity index (χ1n) is 6.78. The molecule has 0 N–H and O–H groups in total. The predicted molar refractivity (Wildman–Crippen MR) is 80.5 cm³/mol. The third kappa shape index (κ3) is 3.52. The van der Waals surface area contributed by atoms with Gasteiger partial charge < -0.3 is 9.47 Å². The average Bonchev–Trinajstić information content (AvgIpc) is 2.76. The molecule has 0 amide bonds. The molecule has 2 heterocycles. The molecule has 0 aromatic carbocycles. The Bertz CT molecular complexity index is 610. The molecule has 6 nitrogen and oxygen atoms in total. The van der Waals surface area contributed by atoms with Crippen LogP contribution in [0.2, 0.25) is 0 Å². The number of hydrogen-bond acceptors (Lipinski definition) is 5. The van der Waals surface area contributed by atoms with Crippen molar-refractivity contribution < 1.29 is 9.47 Å². The van der Waals surface area contributed by atoms with Crippen molar-refractivity contribution in [3.63, 3.8) is 0 Å². The Labute approximate surface area is 125 Å². The normalized spacial score (nSPS) is 11.0. The van der Waals surface area contributed by atoms with Crippen LogP contribution < -0.4 is 9.47 Å². The monoisotopic (exact) mass is 290 g/mol. The fourth-order valence-electron chi connectivity index (χ4n) is 2.37. The van der Waals surface area contributed by atoms with Crippen LogP contribution in [0.15, 0.2) is 18.5 Å². The van der Waals surface area contributed by atoms with Crippen molar-refractivity contribution in [3.05, 3.63) is 35.4 Å². The van der Waals surface area contributed by atoms with Crippen LogP contribution >= 0.6 is 0 Å². The quantitative estimate of drug-likeness (QED) is 0.811. The fourth-order valence-corrected chi connectivity index (χ4v) is 2.37. The highest BCUT2D eigenvalue weighted by molar-refractivity contribution is 5.42. The summed E-state index contributed by atoms with van der Waals surface area (Å²) in [5.41, 5.74) is 3.12. The maximum atomic E-state index is 5.42. The minimum Gasteiger partial charge on any atom is -0.493 e. The second-order valence-corrected chi connectivity index (χ2v) is 5.08. The maximum absolute atomic E-state index is 5.42. The molecular weight excluding hydrogens is 268 g/mol. The van der Waals surface area contributed by atoms with E-state index in [2.05, 4.69) is 15.0 Å². The van der Waals surface area contributed by atoms with Crippen molar-refractivity contribution in [2.45, 2.75) is 20.0 Å². The van der Waals surface area contributed by atoms with Crippen LogP contribution in [0.1, 0.15) is 17.0 Å². The molecule has 2 aromatic heterocycles. The summed E-state index contributed by atoms with van der Waals surface area (Å²) in [6.45, 7) is 3.50. The number of rotatable bonds is 6. The van der Waals surface area contributed by atoms with Gasteiger partial charge in [0.25, 0.3) is 0 Å². The van der Waals surface area contributed by atoms with Gasteiger partial charge in [0.15, 0.2) is 11.5 Å². The van der Waals surface area contributed by atoms with E-state index in [1.165, 1.54) is 5.56 Å². The number of methoxy groups -OCH3 is 2. The molecule has 0 unspecified atom stereocenters. The zero-order valence-electron chi connectivity index (χ0n) is 13.3. The summed E-state index contributed by atoms with van der Waals surface area (Å²) in [5, 5.41) is 4.36. The molecule has 0 atom stereocenters. The van der Waals surface area contributed by atoms with Crippen molar-refractivity contribution >= 4 is 0 Å². The lowest BCUT2D eigenvalue weighted by atomic mass is 10.2. The van der Waals surface area contributed by atoms with Gasteiger partial charge in [0, 0.05) is 44.2 Å². The molecule has 0 spiro atoms. The Hall–Kier alpha value is -2.08. The molecule has 21 heavy (non-hydrogen) atoms. The molecule has 0 saturated carbocycles. The molecule has 0 aliphatic rings. The van der Waals surface area contributed by atoms with Gasteiger partial charge in [-0.1, -0.05) is 0 Å². The molecule has 6 heteroatoms. The van der Waals surface area contributed by atoms with E-state index in [9.17, 15) is 0 Å². The number of aryl methyl sites for hydroxylation is 2. The average molecular weight is 290 g/mol. The Morgan fingerprint density at radius 1 is 1.24 bits per heavy atom. The van der Waals surface area contributed by atoms with Gasteiger partial charge in [-0.3, -0.25) is 14.6 Å². The topological polar surface area (TPSA) is 52.4 Å². The van der Waals surface area contributed by atoms with Crippen molar-refractivity contribution in [2.24, 2.45) is 7.05 Å². The summed E-state index contributed by atoms with van der Waals surface area (Å²) in [4.78, 5) is 6.57. The summed E-state index contributed by atoms with van der Waals surface area (Å²) in [5.74, 6) is 1.39. The third-order valence-corrected chi connectivity index (χ3v) is 3.34. The van der Waals surface area contributed by atoms with Gasteiger partial charge in [0.2, 0.25) is 0 Å². The lowest BCUT2D eigenvalue weighted by Crippen LogP contribution is -2.19. The minimum absolute atomic E-state index is 0.675. The molecule has 0 saturated heterocycles. The second-order valence-electron chi connectivity index (χ2n) is 5.08. The first-order chi connectivity index (χ1) is 10.0. The number of pyridine rings is 1. The van der Waals surface area contributed by atoms with Gasteiger partial charge in [-0.15, -0.1) is 0 Å². The first-order valence-corrected chi connectivity index (χ1v) is 6.78. The van der Waals surface area contributed by atoms with Gasteiger partial charge in [-0.2, -0.15) is 5.10 Å². The van der Waals surface area contributed by atoms with E-state index in [-0.39, 0.29) is 0 Å². The summed E-state index contributed by atoms with van der Waals surface area (Å²) in [7, 11) is 7.24. The molecule has 0 radical (unpaired) electrons. The maximum Gasteiger partial charge on any atom is 0.183 e. The second kappa shape index (κ2) is 6.58. The number of aromatic nitrogens is 3. The Morgan fingerprint density at radius 2 is 2.00 bits per heavy atom. The largest absolute Gasteiger partial charge is 0.493 e. The summed E-state index contributed by atoms with van der Waals surface area (Å²) in [6, 6.07) is 1.80. The summed E-state index contributed by atoms with van der Waals surface area (Å²) < 4.78 is 12.6. The van der Waals surface area contributed by atoms with E-state index in [4.69, 9.17) is 9.47 Å². The molecule has 2 rings (SSSR count). The predicted octanol–water partition coefficient (Wildman–Crippen LogP) is 1.77. The minimum atomic E-state index is 0.675. The van der Waals surface area contributed by atoms with Crippen LogP contribution in [0.5, 0.6) is 11.5 Å². The molecule has 0 bridgehead atoms. The summed E-state index contributed by atoms with van der Waals surface area (Å²) in [6.07, 6.45) is 3.78. The SMILES string of the molecule is COc1ccnc(CN(C)Cc2cn(C)nc2C)c1OC. The van der Waals surface area contributed by atoms with Gasteiger partial charge in [0.1, 0.15) is 5.69 Å². The molecule has 0 aliphatic carbocycles. The third-order valence-electron chi connectivity index (χ3n) is 3.34.